The SMILES string of the molecule is NC(=O)CC[C@@H](C(=O)O)N(Cc1ccccc1)Cc1ccccc1. The van der Waals surface area contributed by atoms with E-state index in [0.717, 1.165) is 11.1 Å². The lowest BCUT2D eigenvalue weighted by Crippen LogP contribution is -2.41. The Bertz CT molecular complexity index is 617. The number of carboxylic acid groups (broad SMARTS) is 1. The molecule has 0 fully saturated rings. The van der Waals surface area contributed by atoms with Crippen molar-refractivity contribution in [1.82, 2.24) is 4.90 Å². The molecule has 0 spiro atoms. The van der Waals surface area contributed by atoms with Gasteiger partial charge in [0.15, 0.2) is 0 Å². The molecule has 0 saturated carbocycles. The summed E-state index contributed by atoms with van der Waals surface area (Å²) in [6.07, 6.45) is 0.251. The Kier molecular flexibility index (Phi) is 6.51. The Morgan fingerprint density at radius 1 is 0.917 bits per heavy atom. The smallest absolute Gasteiger partial charge is 0.320 e. The van der Waals surface area contributed by atoms with E-state index in [4.69, 9.17) is 5.73 Å². The molecule has 0 unspecified atom stereocenters. The minimum Gasteiger partial charge on any atom is -0.480 e. The van der Waals surface area contributed by atoms with Crippen molar-refractivity contribution in [3.8, 4) is 0 Å². The number of nitrogens with zero attached hydrogens (tertiary/aromatic N) is 1. The fourth-order valence-corrected chi connectivity index (χ4v) is 2.65. The normalized spacial score (nSPS) is 12.0. The van der Waals surface area contributed by atoms with Crippen LogP contribution in [-0.4, -0.2) is 27.9 Å². The topological polar surface area (TPSA) is 83.6 Å². The van der Waals surface area contributed by atoms with E-state index >= 15 is 0 Å². The van der Waals surface area contributed by atoms with Gasteiger partial charge in [0.2, 0.25) is 5.91 Å². The molecule has 0 aliphatic carbocycles. The lowest BCUT2D eigenvalue weighted by molar-refractivity contribution is -0.144. The van der Waals surface area contributed by atoms with Crippen molar-refractivity contribution in [2.45, 2.75) is 32.0 Å². The van der Waals surface area contributed by atoms with Crippen molar-refractivity contribution in [1.29, 1.82) is 0 Å². The highest BCUT2D eigenvalue weighted by Crippen LogP contribution is 2.17. The molecule has 0 aromatic heterocycles. The van der Waals surface area contributed by atoms with Crippen molar-refractivity contribution < 1.29 is 14.7 Å². The molecular weight excluding hydrogens is 304 g/mol. The van der Waals surface area contributed by atoms with Crippen molar-refractivity contribution in [3.63, 3.8) is 0 Å². The van der Waals surface area contributed by atoms with E-state index in [9.17, 15) is 14.7 Å². The molecule has 2 aromatic carbocycles. The van der Waals surface area contributed by atoms with Gasteiger partial charge in [0.1, 0.15) is 6.04 Å². The Morgan fingerprint density at radius 2 is 1.38 bits per heavy atom. The Hall–Kier alpha value is -2.66. The average Bonchev–Trinajstić information content (AvgIpc) is 2.56. The van der Waals surface area contributed by atoms with Crippen molar-refractivity contribution in [2.75, 3.05) is 0 Å². The quantitative estimate of drug-likeness (QED) is 0.741. The Morgan fingerprint density at radius 3 is 1.75 bits per heavy atom. The van der Waals surface area contributed by atoms with Crippen LogP contribution in [-0.2, 0) is 22.7 Å². The van der Waals surface area contributed by atoms with Gasteiger partial charge in [-0.1, -0.05) is 60.7 Å². The molecule has 1 atom stereocenters. The van der Waals surface area contributed by atoms with E-state index in [1.54, 1.807) is 0 Å². The van der Waals surface area contributed by atoms with E-state index in [0.29, 0.717) is 13.1 Å². The number of carbonyl (C=O) groups excluding carboxylic acids is 1. The third-order valence-electron chi connectivity index (χ3n) is 3.85. The van der Waals surface area contributed by atoms with E-state index < -0.39 is 17.9 Å². The first-order chi connectivity index (χ1) is 11.6. The zero-order chi connectivity index (χ0) is 17.4. The molecule has 0 heterocycles. The molecule has 3 N–H and O–H groups in total. The van der Waals surface area contributed by atoms with Gasteiger partial charge < -0.3 is 10.8 Å². The molecule has 0 saturated heterocycles. The predicted octanol–water partition coefficient (Wildman–Crippen LogP) is 2.41. The van der Waals surface area contributed by atoms with Crippen molar-refractivity contribution in [2.24, 2.45) is 5.73 Å². The maximum Gasteiger partial charge on any atom is 0.320 e. The van der Waals surface area contributed by atoms with Crippen LogP contribution in [0.1, 0.15) is 24.0 Å². The van der Waals surface area contributed by atoms with E-state index in [2.05, 4.69) is 0 Å². The summed E-state index contributed by atoms with van der Waals surface area (Å²) in [6, 6.07) is 18.6. The maximum absolute atomic E-state index is 11.7. The van der Waals surface area contributed by atoms with Gasteiger partial charge in [-0.3, -0.25) is 14.5 Å². The van der Waals surface area contributed by atoms with Crippen LogP contribution < -0.4 is 5.73 Å². The van der Waals surface area contributed by atoms with Crippen molar-refractivity contribution >= 4 is 11.9 Å². The summed E-state index contributed by atoms with van der Waals surface area (Å²) in [5.74, 6) is -1.43. The average molecular weight is 326 g/mol. The summed E-state index contributed by atoms with van der Waals surface area (Å²) in [7, 11) is 0. The molecule has 126 valence electrons. The fraction of sp³-hybridized carbons (Fsp3) is 0.263. The van der Waals surface area contributed by atoms with Crippen LogP contribution in [0.5, 0.6) is 0 Å². The number of carbonyl (C=O) groups is 2. The second-order valence-electron chi connectivity index (χ2n) is 5.74. The summed E-state index contributed by atoms with van der Waals surface area (Å²) < 4.78 is 0. The maximum atomic E-state index is 11.7. The van der Waals surface area contributed by atoms with Crippen molar-refractivity contribution in [3.05, 3.63) is 71.8 Å². The summed E-state index contributed by atoms with van der Waals surface area (Å²) in [6.45, 7) is 0.983. The van der Waals surface area contributed by atoms with Gasteiger partial charge in [0.25, 0.3) is 0 Å². The molecule has 0 aliphatic heterocycles. The number of amides is 1. The molecule has 2 rings (SSSR count). The van der Waals surface area contributed by atoms with Crippen LogP contribution in [0.4, 0.5) is 0 Å². The zero-order valence-corrected chi connectivity index (χ0v) is 13.5. The van der Waals surface area contributed by atoms with Gasteiger partial charge >= 0.3 is 5.97 Å². The van der Waals surface area contributed by atoms with Gasteiger partial charge in [0.05, 0.1) is 0 Å². The minimum atomic E-state index is -0.942. The Labute approximate surface area is 141 Å². The first-order valence-electron chi connectivity index (χ1n) is 7.89. The number of nitrogens with two attached hydrogens (primary N) is 1. The molecule has 0 bridgehead atoms. The standard InChI is InChI=1S/C19H22N2O3/c20-18(22)12-11-17(19(23)24)21(13-15-7-3-1-4-8-15)14-16-9-5-2-6-10-16/h1-10,17H,11-14H2,(H2,20,22)(H,23,24)/t17-/m0/s1. The summed E-state index contributed by atoms with van der Waals surface area (Å²) in [5, 5.41) is 9.62. The third-order valence-corrected chi connectivity index (χ3v) is 3.85. The third kappa shape index (κ3) is 5.52. The first-order valence-corrected chi connectivity index (χ1v) is 7.89. The lowest BCUT2D eigenvalue weighted by Gasteiger charge is -2.29. The second kappa shape index (κ2) is 8.84. The summed E-state index contributed by atoms with van der Waals surface area (Å²) in [5.41, 5.74) is 7.25. The lowest BCUT2D eigenvalue weighted by atomic mass is 10.1. The molecule has 1 amide bonds. The second-order valence-corrected chi connectivity index (χ2v) is 5.74. The molecule has 5 nitrogen and oxygen atoms in total. The molecule has 0 radical (unpaired) electrons. The van der Waals surface area contributed by atoms with Crippen LogP contribution in [0.15, 0.2) is 60.7 Å². The van der Waals surface area contributed by atoms with Crippen LogP contribution in [0.2, 0.25) is 0 Å². The van der Waals surface area contributed by atoms with Gasteiger partial charge in [-0.25, -0.2) is 0 Å². The highest BCUT2D eigenvalue weighted by Gasteiger charge is 2.26. The molecule has 2 aromatic rings. The monoisotopic (exact) mass is 326 g/mol. The number of primary amides is 1. The first kappa shape index (κ1) is 17.7. The summed E-state index contributed by atoms with van der Waals surface area (Å²) in [4.78, 5) is 24.7. The van der Waals surface area contributed by atoms with Crippen LogP contribution in [0.25, 0.3) is 0 Å². The zero-order valence-electron chi connectivity index (χ0n) is 13.5. The van der Waals surface area contributed by atoms with E-state index in [1.807, 2.05) is 65.6 Å². The largest absolute Gasteiger partial charge is 0.480 e. The number of benzene rings is 2. The molecule has 0 aliphatic rings. The number of hydrogen-bond donors (Lipinski definition) is 2. The van der Waals surface area contributed by atoms with E-state index in [-0.39, 0.29) is 12.8 Å². The summed E-state index contributed by atoms with van der Waals surface area (Å²) >= 11 is 0. The number of carboxylic acids is 1. The van der Waals surface area contributed by atoms with Gasteiger partial charge in [-0.15, -0.1) is 0 Å². The number of aliphatic carboxylic acids is 1. The highest BCUT2D eigenvalue weighted by atomic mass is 16.4. The van der Waals surface area contributed by atoms with E-state index in [1.165, 1.54) is 0 Å². The molecule has 24 heavy (non-hydrogen) atoms. The highest BCUT2D eigenvalue weighted by molar-refractivity contribution is 5.77. The van der Waals surface area contributed by atoms with Gasteiger partial charge in [-0.2, -0.15) is 0 Å². The van der Waals surface area contributed by atoms with Crippen LogP contribution in [0.3, 0.4) is 0 Å². The predicted molar refractivity (Wildman–Crippen MR) is 92.0 cm³/mol. The number of rotatable bonds is 9. The molecule has 5 heteroatoms. The van der Waals surface area contributed by atoms with Gasteiger partial charge in [0, 0.05) is 19.5 Å². The molecular formula is C19H22N2O3. The Balaban J connectivity index is 2.21. The van der Waals surface area contributed by atoms with Crippen LogP contribution in [0, 0.1) is 0 Å². The van der Waals surface area contributed by atoms with Crippen LogP contribution >= 0.6 is 0 Å². The fourth-order valence-electron chi connectivity index (χ4n) is 2.65. The van der Waals surface area contributed by atoms with Gasteiger partial charge in [-0.05, 0) is 17.5 Å². The minimum absolute atomic E-state index is 0.0526. The number of hydrogen-bond acceptors (Lipinski definition) is 3.